The van der Waals surface area contributed by atoms with Gasteiger partial charge in [0.15, 0.2) is 5.58 Å². The molecule has 0 fully saturated rings. The number of aromatic nitrogens is 2. The van der Waals surface area contributed by atoms with Gasteiger partial charge in [0.25, 0.3) is 0 Å². The third-order valence-electron chi connectivity index (χ3n) is 6.63. The molecular weight excluding hydrogens is 444 g/mol. The quantitative estimate of drug-likeness (QED) is 0.282. The predicted molar refractivity (Wildman–Crippen MR) is 146 cm³/mol. The molecule has 4 heteroatoms. The van der Waals surface area contributed by atoms with Crippen molar-refractivity contribution in [3.8, 4) is 39.6 Å². The number of oxazole rings is 1. The fourth-order valence-corrected chi connectivity index (χ4v) is 4.67. The highest BCUT2D eigenvalue weighted by atomic mass is 16.3. The van der Waals surface area contributed by atoms with Crippen LogP contribution in [-0.4, -0.2) is 15.1 Å². The second-order valence-corrected chi connectivity index (χ2v) is 10.1. The molecule has 0 atom stereocenters. The summed E-state index contributed by atoms with van der Waals surface area (Å²) in [5.41, 5.74) is 7.31. The first kappa shape index (κ1) is 22.1. The highest BCUT2D eigenvalue weighted by Crippen LogP contribution is 2.39. The summed E-state index contributed by atoms with van der Waals surface area (Å²) in [6.07, 6.45) is 1.89. The van der Waals surface area contributed by atoms with E-state index in [4.69, 9.17) is 14.4 Å². The maximum Gasteiger partial charge on any atom is 0.231 e. The van der Waals surface area contributed by atoms with Crippen LogP contribution in [0.15, 0.2) is 102 Å². The van der Waals surface area contributed by atoms with Crippen LogP contribution >= 0.6 is 0 Å². The monoisotopic (exact) mass is 470 g/mol. The molecule has 0 bridgehead atoms. The predicted octanol–water partition coefficient (Wildman–Crippen LogP) is 8.38. The first-order chi connectivity index (χ1) is 17.4. The maximum absolute atomic E-state index is 10.4. The molecule has 0 saturated heterocycles. The van der Waals surface area contributed by atoms with Gasteiger partial charge in [-0.05, 0) is 69.8 Å². The minimum Gasteiger partial charge on any atom is -0.507 e. The molecule has 6 rings (SSSR count). The van der Waals surface area contributed by atoms with Gasteiger partial charge < -0.3 is 9.52 Å². The minimum atomic E-state index is 0.0308. The van der Waals surface area contributed by atoms with Crippen LogP contribution < -0.4 is 0 Å². The summed E-state index contributed by atoms with van der Waals surface area (Å²) in [5.74, 6) is 0.540. The van der Waals surface area contributed by atoms with Gasteiger partial charge in [-0.25, -0.2) is 4.98 Å². The highest BCUT2D eigenvalue weighted by molar-refractivity contribution is 6.05. The van der Waals surface area contributed by atoms with Crippen LogP contribution in [0.4, 0.5) is 0 Å². The van der Waals surface area contributed by atoms with Crippen molar-refractivity contribution in [2.75, 3.05) is 0 Å². The van der Waals surface area contributed by atoms with Gasteiger partial charge in [-0.15, -0.1) is 0 Å². The Morgan fingerprint density at radius 3 is 2.36 bits per heavy atom. The number of aromatic hydroxyl groups is 1. The van der Waals surface area contributed by atoms with E-state index in [0.29, 0.717) is 17.0 Å². The molecule has 0 unspecified atom stereocenters. The third-order valence-corrected chi connectivity index (χ3v) is 6.63. The summed E-state index contributed by atoms with van der Waals surface area (Å²) < 4.78 is 6.09. The van der Waals surface area contributed by atoms with Crippen molar-refractivity contribution < 1.29 is 9.52 Å². The first-order valence-corrected chi connectivity index (χ1v) is 12.1. The van der Waals surface area contributed by atoms with E-state index in [1.807, 2.05) is 30.5 Å². The van der Waals surface area contributed by atoms with E-state index in [9.17, 15) is 5.11 Å². The number of phenolic OH excluding ortho intramolecular Hbond substituents is 1. The van der Waals surface area contributed by atoms with Crippen LogP contribution in [0.3, 0.4) is 0 Å². The molecule has 4 aromatic carbocycles. The van der Waals surface area contributed by atoms with Gasteiger partial charge in [0, 0.05) is 17.3 Å². The Morgan fingerprint density at radius 1 is 0.750 bits per heavy atom. The highest BCUT2D eigenvalue weighted by Gasteiger charge is 2.18. The zero-order valence-electron chi connectivity index (χ0n) is 20.5. The lowest BCUT2D eigenvalue weighted by Crippen LogP contribution is -2.11. The molecule has 0 amide bonds. The second kappa shape index (κ2) is 8.35. The third kappa shape index (κ3) is 3.81. The standard InChI is InChI=1S/C32H26N2O2/c1-32(2,3)22-15-16-33-27(19-22)21-17-20-9-4-5-10-23(20)26(18-21)24-12-8-14-29-30(24)34-31(36-29)25-11-6-7-13-28(25)35/h4-19,35H,1-3H3. The zero-order valence-corrected chi connectivity index (χ0v) is 20.5. The Labute approximate surface area is 209 Å². The number of rotatable bonds is 3. The summed E-state index contributed by atoms with van der Waals surface area (Å²) in [6.45, 7) is 6.64. The molecule has 0 aliphatic carbocycles. The molecule has 0 aliphatic rings. The van der Waals surface area contributed by atoms with Gasteiger partial charge in [0.05, 0.1) is 11.3 Å². The Kier molecular flexibility index (Phi) is 5.11. The van der Waals surface area contributed by atoms with Crippen LogP contribution in [0.5, 0.6) is 5.75 Å². The van der Waals surface area contributed by atoms with Crippen molar-refractivity contribution in [1.29, 1.82) is 0 Å². The number of benzene rings is 4. The molecular formula is C32H26N2O2. The summed E-state index contributed by atoms with van der Waals surface area (Å²) in [4.78, 5) is 9.55. The number of pyridine rings is 1. The SMILES string of the molecule is CC(C)(C)c1ccnc(-c2cc(-c3cccc4oc(-c5ccccc5O)nc34)c3ccccc3c2)c1. The topological polar surface area (TPSA) is 59.2 Å². The van der Waals surface area contributed by atoms with E-state index in [1.54, 1.807) is 12.1 Å². The van der Waals surface area contributed by atoms with Gasteiger partial charge >= 0.3 is 0 Å². The molecule has 2 heterocycles. The summed E-state index contributed by atoms with van der Waals surface area (Å²) >= 11 is 0. The molecule has 0 aliphatic heterocycles. The lowest BCUT2D eigenvalue weighted by molar-refractivity contribution is 0.474. The van der Waals surface area contributed by atoms with Crippen molar-refractivity contribution in [2.45, 2.75) is 26.2 Å². The van der Waals surface area contributed by atoms with Crippen LogP contribution in [0.25, 0.3) is 55.7 Å². The number of hydrogen-bond donors (Lipinski definition) is 1. The number of phenols is 1. The zero-order chi connectivity index (χ0) is 24.9. The molecule has 4 nitrogen and oxygen atoms in total. The van der Waals surface area contributed by atoms with E-state index >= 15 is 0 Å². The number of fused-ring (bicyclic) bond motifs is 2. The average Bonchev–Trinajstić information content (AvgIpc) is 3.32. The van der Waals surface area contributed by atoms with Crippen molar-refractivity contribution in [1.82, 2.24) is 9.97 Å². The van der Waals surface area contributed by atoms with Crippen LogP contribution in [0.2, 0.25) is 0 Å². The van der Waals surface area contributed by atoms with Crippen molar-refractivity contribution >= 4 is 21.9 Å². The van der Waals surface area contributed by atoms with Crippen LogP contribution in [0, 0.1) is 0 Å². The summed E-state index contributed by atoms with van der Waals surface area (Å²) in [6, 6.07) is 30.1. The van der Waals surface area contributed by atoms with E-state index in [1.165, 1.54) is 5.56 Å². The normalized spacial score (nSPS) is 11.9. The number of para-hydroxylation sites is 2. The molecule has 6 aromatic rings. The first-order valence-electron chi connectivity index (χ1n) is 12.1. The molecule has 0 saturated carbocycles. The van der Waals surface area contributed by atoms with E-state index in [-0.39, 0.29) is 11.2 Å². The number of hydrogen-bond acceptors (Lipinski definition) is 4. The Balaban J connectivity index is 1.59. The fraction of sp³-hybridized carbons (Fsp3) is 0.125. The fourth-order valence-electron chi connectivity index (χ4n) is 4.67. The van der Waals surface area contributed by atoms with Gasteiger partial charge in [-0.2, -0.15) is 0 Å². The van der Waals surface area contributed by atoms with Gasteiger partial charge in [0.1, 0.15) is 11.3 Å². The van der Waals surface area contributed by atoms with Crippen molar-refractivity contribution in [3.63, 3.8) is 0 Å². The van der Waals surface area contributed by atoms with E-state index in [2.05, 4.69) is 75.4 Å². The van der Waals surface area contributed by atoms with Crippen LogP contribution in [-0.2, 0) is 5.41 Å². The van der Waals surface area contributed by atoms with Gasteiger partial charge in [0.2, 0.25) is 5.89 Å². The van der Waals surface area contributed by atoms with E-state index < -0.39 is 0 Å². The van der Waals surface area contributed by atoms with E-state index in [0.717, 1.165) is 38.7 Å². The van der Waals surface area contributed by atoms with Gasteiger partial charge in [-0.3, -0.25) is 4.98 Å². The molecule has 36 heavy (non-hydrogen) atoms. The van der Waals surface area contributed by atoms with Crippen molar-refractivity contribution in [3.05, 3.63) is 103 Å². The smallest absolute Gasteiger partial charge is 0.231 e. The second-order valence-electron chi connectivity index (χ2n) is 10.1. The van der Waals surface area contributed by atoms with Crippen molar-refractivity contribution in [2.24, 2.45) is 0 Å². The number of nitrogens with zero attached hydrogens (tertiary/aromatic N) is 2. The lowest BCUT2D eigenvalue weighted by atomic mass is 9.86. The lowest BCUT2D eigenvalue weighted by Gasteiger charge is -2.19. The van der Waals surface area contributed by atoms with Gasteiger partial charge in [-0.1, -0.05) is 69.3 Å². The molecule has 0 radical (unpaired) electrons. The molecule has 0 spiro atoms. The summed E-state index contributed by atoms with van der Waals surface area (Å²) in [5, 5.41) is 12.6. The minimum absolute atomic E-state index is 0.0308. The summed E-state index contributed by atoms with van der Waals surface area (Å²) in [7, 11) is 0. The average molecular weight is 471 g/mol. The maximum atomic E-state index is 10.4. The Bertz CT molecular complexity index is 1740. The Hall–Kier alpha value is -4.44. The largest absolute Gasteiger partial charge is 0.507 e. The molecule has 2 aromatic heterocycles. The van der Waals surface area contributed by atoms with Crippen LogP contribution in [0.1, 0.15) is 26.3 Å². The molecule has 176 valence electrons. The Morgan fingerprint density at radius 2 is 1.53 bits per heavy atom. The molecule has 1 N–H and O–H groups in total.